The Hall–Kier alpha value is -2.37. The van der Waals surface area contributed by atoms with Crippen LogP contribution >= 0.6 is 0 Å². The van der Waals surface area contributed by atoms with Crippen molar-refractivity contribution in [3.63, 3.8) is 0 Å². The second-order valence-corrected chi connectivity index (χ2v) is 5.08. The molecule has 22 heavy (non-hydrogen) atoms. The number of phenolic OH excluding ortho intramolecular Hbond substituents is 2. The highest BCUT2D eigenvalue weighted by molar-refractivity contribution is 6.09. The molecule has 0 saturated heterocycles. The molecule has 0 aliphatic rings. The summed E-state index contributed by atoms with van der Waals surface area (Å²) in [6.07, 6.45) is 0. The predicted octanol–water partition coefficient (Wildman–Crippen LogP) is 1.77. The van der Waals surface area contributed by atoms with Crippen molar-refractivity contribution in [2.45, 2.75) is 13.1 Å². The van der Waals surface area contributed by atoms with Gasteiger partial charge in [0.25, 0.3) is 0 Å². The number of hydrogen-bond donors (Lipinski definition) is 4. The molecule has 0 spiro atoms. The first-order valence-corrected chi connectivity index (χ1v) is 7.04. The molecule has 4 N–H and O–H groups in total. The largest absolute Gasteiger partial charge is 0.508 e. The second-order valence-electron chi connectivity index (χ2n) is 5.08. The lowest BCUT2D eigenvalue weighted by Crippen LogP contribution is -2.09. The number of nitrogens with one attached hydrogen (secondary N) is 2. The van der Waals surface area contributed by atoms with Gasteiger partial charge in [-0.3, -0.25) is 4.79 Å². The highest BCUT2D eigenvalue weighted by Crippen LogP contribution is 2.23. The standard InChI is InChI=1S/C17H20N2O3/c1-18-9-13-7-11(3-5-15(13)20)17(22)12-4-6-16(21)14(8-12)10-19-2/h3-8,18-21H,9-10H2,1-2H3. The third-order valence-corrected chi connectivity index (χ3v) is 3.42. The van der Waals surface area contributed by atoms with Crippen LogP contribution in [0.3, 0.4) is 0 Å². The van der Waals surface area contributed by atoms with Gasteiger partial charge >= 0.3 is 0 Å². The number of hydrogen-bond acceptors (Lipinski definition) is 5. The van der Waals surface area contributed by atoms with Crippen LogP contribution in [0.2, 0.25) is 0 Å². The summed E-state index contributed by atoms with van der Waals surface area (Å²) in [7, 11) is 3.55. The van der Waals surface area contributed by atoms with Gasteiger partial charge in [-0.2, -0.15) is 0 Å². The lowest BCUT2D eigenvalue weighted by molar-refractivity contribution is 0.103. The first kappa shape index (κ1) is 16.0. The van der Waals surface area contributed by atoms with E-state index in [4.69, 9.17) is 0 Å². The lowest BCUT2D eigenvalue weighted by atomic mass is 9.99. The van der Waals surface area contributed by atoms with Gasteiger partial charge in [0.15, 0.2) is 5.78 Å². The fourth-order valence-corrected chi connectivity index (χ4v) is 2.28. The SMILES string of the molecule is CNCc1cc(C(=O)c2ccc(O)c(CNC)c2)ccc1O. The van der Waals surface area contributed by atoms with Crippen LogP contribution in [0.25, 0.3) is 0 Å². The number of phenols is 2. The molecule has 0 unspecified atom stereocenters. The van der Waals surface area contributed by atoms with E-state index < -0.39 is 0 Å². The maximum Gasteiger partial charge on any atom is 0.193 e. The Balaban J connectivity index is 2.35. The summed E-state index contributed by atoms with van der Waals surface area (Å²) in [5, 5.41) is 25.5. The molecule has 0 amide bonds. The van der Waals surface area contributed by atoms with E-state index in [1.165, 1.54) is 12.1 Å². The summed E-state index contributed by atoms with van der Waals surface area (Å²) in [4.78, 5) is 12.6. The van der Waals surface area contributed by atoms with Crippen molar-refractivity contribution < 1.29 is 15.0 Å². The molecule has 5 heteroatoms. The Labute approximate surface area is 129 Å². The van der Waals surface area contributed by atoms with E-state index in [9.17, 15) is 15.0 Å². The van der Waals surface area contributed by atoms with Gasteiger partial charge in [0.1, 0.15) is 11.5 Å². The van der Waals surface area contributed by atoms with Crippen molar-refractivity contribution in [1.29, 1.82) is 0 Å². The fourth-order valence-electron chi connectivity index (χ4n) is 2.28. The zero-order valence-electron chi connectivity index (χ0n) is 12.7. The van der Waals surface area contributed by atoms with E-state index in [2.05, 4.69) is 10.6 Å². The molecule has 116 valence electrons. The molecule has 0 heterocycles. The minimum atomic E-state index is -0.144. The Kier molecular flexibility index (Phi) is 5.14. The zero-order chi connectivity index (χ0) is 16.1. The van der Waals surface area contributed by atoms with Gasteiger partial charge < -0.3 is 20.8 Å². The summed E-state index contributed by atoms with van der Waals surface area (Å²) in [6.45, 7) is 0.959. The van der Waals surface area contributed by atoms with Crippen LogP contribution in [0.15, 0.2) is 36.4 Å². The molecule has 2 aromatic rings. The molecule has 0 aromatic heterocycles. The van der Waals surface area contributed by atoms with Crippen LogP contribution in [-0.2, 0) is 13.1 Å². The quantitative estimate of drug-likeness (QED) is 0.611. The monoisotopic (exact) mass is 300 g/mol. The Bertz CT molecular complexity index is 626. The molecule has 2 aromatic carbocycles. The molecule has 0 atom stereocenters. The number of aromatic hydroxyl groups is 2. The third-order valence-electron chi connectivity index (χ3n) is 3.42. The maximum atomic E-state index is 12.6. The number of benzene rings is 2. The average Bonchev–Trinajstić information content (AvgIpc) is 2.51. The summed E-state index contributed by atoms with van der Waals surface area (Å²) in [6, 6.07) is 9.60. The maximum absolute atomic E-state index is 12.6. The molecule has 2 rings (SSSR count). The van der Waals surface area contributed by atoms with E-state index in [-0.39, 0.29) is 17.3 Å². The van der Waals surface area contributed by atoms with Crippen LogP contribution in [0.4, 0.5) is 0 Å². The zero-order valence-corrected chi connectivity index (χ0v) is 12.7. The van der Waals surface area contributed by atoms with Gasteiger partial charge in [-0.1, -0.05) is 0 Å². The first-order chi connectivity index (χ1) is 10.6. The van der Waals surface area contributed by atoms with E-state index in [1.807, 2.05) is 0 Å². The highest BCUT2D eigenvalue weighted by atomic mass is 16.3. The number of carbonyl (C=O) groups excluding carboxylic acids is 1. The lowest BCUT2D eigenvalue weighted by Gasteiger charge is -2.09. The fraction of sp³-hybridized carbons (Fsp3) is 0.235. The molecule has 5 nitrogen and oxygen atoms in total. The molecule has 0 aliphatic heterocycles. The van der Waals surface area contributed by atoms with Crippen LogP contribution in [0, 0.1) is 0 Å². The summed E-state index contributed by atoms with van der Waals surface area (Å²) in [5.41, 5.74) is 2.35. The molecule has 0 bridgehead atoms. The Morgan fingerprint density at radius 3 is 1.64 bits per heavy atom. The number of ketones is 1. The summed E-state index contributed by atoms with van der Waals surface area (Å²) in [5.74, 6) is 0.176. The van der Waals surface area contributed by atoms with Crippen LogP contribution in [0.1, 0.15) is 27.0 Å². The molecular formula is C17H20N2O3. The Morgan fingerprint density at radius 1 is 0.864 bits per heavy atom. The minimum absolute atomic E-state index is 0.144. The predicted molar refractivity (Wildman–Crippen MR) is 85.2 cm³/mol. The van der Waals surface area contributed by atoms with Crippen molar-refractivity contribution >= 4 is 5.78 Å². The van der Waals surface area contributed by atoms with Gasteiger partial charge in [0, 0.05) is 35.3 Å². The Morgan fingerprint density at radius 2 is 1.27 bits per heavy atom. The van der Waals surface area contributed by atoms with Gasteiger partial charge in [0.05, 0.1) is 0 Å². The third kappa shape index (κ3) is 3.44. The van der Waals surface area contributed by atoms with Crippen LogP contribution < -0.4 is 10.6 Å². The molecular weight excluding hydrogens is 280 g/mol. The van der Waals surface area contributed by atoms with Gasteiger partial charge in [0.2, 0.25) is 0 Å². The molecule has 0 aliphatic carbocycles. The topological polar surface area (TPSA) is 81.6 Å². The highest BCUT2D eigenvalue weighted by Gasteiger charge is 2.13. The van der Waals surface area contributed by atoms with Gasteiger partial charge in [-0.15, -0.1) is 0 Å². The molecule has 0 saturated carbocycles. The van der Waals surface area contributed by atoms with Crippen LogP contribution in [0.5, 0.6) is 11.5 Å². The van der Waals surface area contributed by atoms with Crippen molar-refractivity contribution in [2.24, 2.45) is 0 Å². The van der Waals surface area contributed by atoms with Crippen molar-refractivity contribution in [1.82, 2.24) is 10.6 Å². The average molecular weight is 300 g/mol. The minimum Gasteiger partial charge on any atom is -0.508 e. The van der Waals surface area contributed by atoms with E-state index in [1.54, 1.807) is 38.4 Å². The summed E-state index contributed by atoms with van der Waals surface area (Å²) < 4.78 is 0. The van der Waals surface area contributed by atoms with E-state index in [0.717, 1.165) is 0 Å². The number of rotatable bonds is 6. The second kappa shape index (κ2) is 7.06. The van der Waals surface area contributed by atoms with Crippen LogP contribution in [-0.4, -0.2) is 30.1 Å². The van der Waals surface area contributed by atoms with Crippen molar-refractivity contribution in [3.05, 3.63) is 58.7 Å². The van der Waals surface area contributed by atoms with Gasteiger partial charge in [-0.05, 0) is 50.5 Å². The van der Waals surface area contributed by atoms with E-state index >= 15 is 0 Å². The molecule has 0 fully saturated rings. The van der Waals surface area contributed by atoms with Gasteiger partial charge in [-0.25, -0.2) is 0 Å². The van der Waals surface area contributed by atoms with Crippen molar-refractivity contribution in [3.8, 4) is 11.5 Å². The smallest absolute Gasteiger partial charge is 0.193 e. The van der Waals surface area contributed by atoms with Crippen molar-refractivity contribution in [2.75, 3.05) is 14.1 Å². The first-order valence-electron chi connectivity index (χ1n) is 7.04. The van der Waals surface area contributed by atoms with E-state index in [0.29, 0.717) is 35.3 Å². The number of carbonyl (C=O) groups is 1. The normalized spacial score (nSPS) is 10.6. The summed E-state index contributed by atoms with van der Waals surface area (Å²) >= 11 is 0. The molecule has 0 radical (unpaired) electrons.